The fourth-order valence-electron chi connectivity index (χ4n) is 3.56. The summed E-state index contributed by atoms with van der Waals surface area (Å²) >= 11 is 0. The van der Waals surface area contributed by atoms with Gasteiger partial charge in [0, 0.05) is 5.54 Å². The Labute approximate surface area is 123 Å². The van der Waals surface area contributed by atoms with Gasteiger partial charge in [-0.1, -0.05) is 37.3 Å². The van der Waals surface area contributed by atoms with Crippen molar-refractivity contribution in [3.63, 3.8) is 0 Å². The lowest BCUT2D eigenvalue weighted by atomic mass is 9.72. The van der Waals surface area contributed by atoms with Crippen LogP contribution in [0.5, 0.6) is 0 Å². The van der Waals surface area contributed by atoms with Crippen molar-refractivity contribution in [2.75, 3.05) is 14.1 Å². The van der Waals surface area contributed by atoms with E-state index in [-0.39, 0.29) is 11.6 Å². The average Bonchev–Trinajstić information content (AvgIpc) is 2.46. The zero-order chi connectivity index (χ0) is 14.6. The summed E-state index contributed by atoms with van der Waals surface area (Å²) in [6.07, 6.45) is 6.31. The summed E-state index contributed by atoms with van der Waals surface area (Å²) < 4.78 is 0. The van der Waals surface area contributed by atoms with Gasteiger partial charge in [-0.25, -0.2) is 0 Å². The predicted octanol–water partition coefficient (Wildman–Crippen LogP) is 3.49. The van der Waals surface area contributed by atoms with Crippen LogP contribution in [0.15, 0.2) is 30.3 Å². The molecule has 1 aromatic rings. The topological polar surface area (TPSA) is 23.5 Å². The van der Waals surface area contributed by atoms with Gasteiger partial charge in [0.05, 0.1) is 6.10 Å². The Bertz CT molecular complexity index is 393. The quantitative estimate of drug-likeness (QED) is 0.889. The molecule has 0 saturated heterocycles. The van der Waals surface area contributed by atoms with Crippen LogP contribution >= 0.6 is 0 Å². The van der Waals surface area contributed by atoms with E-state index in [1.54, 1.807) is 0 Å². The third kappa shape index (κ3) is 3.42. The highest BCUT2D eigenvalue weighted by Gasteiger charge is 2.41. The van der Waals surface area contributed by atoms with Gasteiger partial charge in [-0.15, -0.1) is 0 Å². The Kier molecular flexibility index (Phi) is 5.22. The highest BCUT2D eigenvalue weighted by molar-refractivity contribution is 5.15. The largest absolute Gasteiger partial charge is 0.391 e. The van der Waals surface area contributed by atoms with Gasteiger partial charge in [-0.2, -0.15) is 0 Å². The van der Waals surface area contributed by atoms with E-state index in [0.29, 0.717) is 0 Å². The summed E-state index contributed by atoms with van der Waals surface area (Å²) in [5.74, 6) is 0.810. The van der Waals surface area contributed by atoms with Gasteiger partial charge in [-0.3, -0.25) is 0 Å². The lowest BCUT2D eigenvalue weighted by Gasteiger charge is -2.47. The van der Waals surface area contributed by atoms with Crippen molar-refractivity contribution in [1.82, 2.24) is 4.90 Å². The van der Waals surface area contributed by atoms with E-state index < -0.39 is 0 Å². The molecule has 1 aliphatic carbocycles. The van der Waals surface area contributed by atoms with Crippen LogP contribution in [0.1, 0.15) is 44.6 Å². The minimum atomic E-state index is -0.231. The molecule has 2 rings (SSSR count). The SMILES string of the molecule is CC1CCC(C(O)CCc2ccccc2)(N(C)C)CC1. The van der Waals surface area contributed by atoms with Gasteiger partial charge >= 0.3 is 0 Å². The van der Waals surface area contributed by atoms with Crippen molar-refractivity contribution < 1.29 is 5.11 Å². The van der Waals surface area contributed by atoms with E-state index in [9.17, 15) is 5.11 Å². The lowest BCUT2D eigenvalue weighted by Crippen LogP contribution is -2.55. The van der Waals surface area contributed by atoms with E-state index in [1.807, 2.05) is 6.07 Å². The molecule has 0 amide bonds. The number of hydrogen-bond donors (Lipinski definition) is 1. The minimum absolute atomic E-state index is 0.0126. The second kappa shape index (κ2) is 6.73. The normalized spacial score (nSPS) is 28.6. The van der Waals surface area contributed by atoms with Crippen LogP contribution < -0.4 is 0 Å². The molecule has 1 fully saturated rings. The van der Waals surface area contributed by atoms with Gasteiger partial charge in [0.2, 0.25) is 0 Å². The number of aliphatic hydroxyl groups is 1. The van der Waals surface area contributed by atoms with E-state index in [1.165, 1.54) is 18.4 Å². The second-order valence-corrected chi connectivity index (χ2v) is 6.72. The molecule has 0 radical (unpaired) electrons. The molecule has 2 nitrogen and oxygen atoms in total. The zero-order valence-corrected chi connectivity index (χ0v) is 13.2. The molecule has 0 bridgehead atoms. The van der Waals surface area contributed by atoms with Crippen LogP contribution in [0.4, 0.5) is 0 Å². The average molecular weight is 275 g/mol. The molecule has 1 unspecified atom stereocenters. The maximum absolute atomic E-state index is 10.8. The first kappa shape index (κ1) is 15.5. The predicted molar refractivity (Wildman–Crippen MR) is 84.8 cm³/mol. The highest BCUT2D eigenvalue weighted by Crippen LogP contribution is 2.38. The third-order valence-corrected chi connectivity index (χ3v) is 5.20. The number of aryl methyl sites for hydroxylation is 1. The summed E-state index contributed by atoms with van der Waals surface area (Å²) in [7, 11) is 4.25. The van der Waals surface area contributed by atoms with Crippen LogP contribution in [-0.4, -0.2) is 35.7 Å². The first-order chi connectivity index (χ1) is 9.54. The van der Waals surface area contributed by atoms with E-state index >= 15 is 0 Å². The minimum Gasteiger partial charge on any atom is -0.391 e. The number of hydrogen-bond acceptors (Lipinski definition) is 2. The molecule has 1 saturated carbocycles. The van der Waals surface area contributed by atoms with Crippen LogP contribution in [0.25, 0.3) is 0 Å². The van der Waals surface area contributed by atoms with Crippen molar-refractivity contribution >= 4 is 0 Å². The van der Waals surface area contributed by atoms with Crippen LogP contribution in [-0.2, 0) is 6.42 Å². The molecule has 1 N–H and O–H groups in total. The third-order valence-electron chi connectivity index (χ3n) is 5.20. The van der Waals surface area contributed by atoms with Gasteiger partial charge in [0.15, 0.2) is 0 Å². The number of rotatable bonds is 5. The number of likely N-dealkylation sites (N-methyl/N-ethyl adjacent to an activating group) is 1. The smallest absolute Gasteiger partial charge is 0.0726 e. The van der Waals surface area contributed by atoms with Crippen LogP contribution in [0.2, 0.25) is 0 Å². The van der Waals surface area contributed by atoms with Gasteiger partial charge in [-0.05, 0) is 64.1 Å². The monoisotopic (exact) mass is 275 g/mol. The van der Waals surface area contributed by atoms with E-state index in [2.05, 4.69) is 50.2 Å². The van der Waals surface area contributed by atoms with Crippen molar-refractivity contribution in [3.05, 3.63) is 35.9 Å². The molecule has 2 heteroatoms. The Morgan fingerprint density at radius 1 is 1.20 bits per heavy atom. The maximum atomic E-state index is 10.8. The number of aliphatic hydroxyl groups excluding tert-OH is 1. The molecule has 1 atom stereocenters. The zero-order valence-electron chi connectivity index (χ0n) is 13.2. The molecule has 112 valence electrons. The maximum Gasteiger partial charge on any atom is 0.0726 e. The Hall–Kier alpha value is -0.860. The summed E-state index contributed by atoms with van der Waals surface area (Å²) in [5, 5.41) is 10.8. The first-order valence-corrected chi connectivity index (χ1v) is 7.94. The second-order valence-electron chi connectivity index (χ2n) is 6.72. The van der Waals surface area contributed by atoms with Crippen LogP contribution in [0.3, 0.4) is 0 Å². The van der Waals surface area contributed by atoms with E-state index in [0.717, 1.165) is 31.6 Å². The van der Waals surface area contributed by atoms with Gasteiger partial charge < -0.3 is 10.0 Å². The molecular formula is C18H29NO. The number of nitrogens with zero attached hydrogens (tertiary/aromatic N) is 1. The van der Waals surface area contributed by atoms with Crippen LogP contribution in [0, 0.1) is 5.92 Å². The molecule has 0 heterocycles. The first-order valence-electron chi connectivity index (χ1n) is 7.94. The summed E-state index contributed by atoms with van der Waals surface area (Å²) in [6, 6.07) is 10.5. The fourth-order valence-corrected chi connectivity index (χ4v) is 3.56. The highest BCUT2D eigenvalue weighted by atomic mass is 16.3. The molecule has 20 heavy (non-hydrogen) atoms. The van der Waals surface area contributed by atoms with Crippen molar-refractivity contribution in [2.45, 2.75) is 57.1 Å². The number of benzene rings is 1. The molecule has 0 aromatic heterocycles. The van der Waals surface area contributed by atoms with Crippen molar-refractivity contribution in [1.29, 1.82) is 0 Å². The fraction of sp³-hybridized carbons (Fsp3) is 0.667. The summed E-state index contributed by atoms with van der Waals surface area (Å²) in [4.78, 5) is 2.27. The Balaban J connectivity index is 1.99. The Morgan fingerprint density at radius 2 is 1.80 bits per heavy atom. The molecule has 1 aromatic carbocycles. The lowest BCUT2D eigenvalue weighted by molar-refractivity contribution is -0.0422. The Morgan fingerprint density at radius 3 is 2.35 bits per heavy atom. The van der Waals surface area contributed by atoms with Crippen molar-refractivity contribution in [2.24, 2.45) is 5.92 Å². The van der Waals surface area contributed by atoms with Gasteiger partial charge in [0.25, 0.3) is 0 Å². The molecule has 0 aliphatic heterocycles. The molecule has 0 spiro atoms. The summed E-state index contributed by atoms with van der Waals surface area (Å²) in [5.41, 5.74) is 1.31. The standard InChI is InChI=1S/C18H29NO/c1-15-11-13-18(14-12-15,19(2)3)17(20)10-9-16-7-5-4-6-8-16/h4-8,15,17,20H,9-14H2,1-3H3. The van der Waals surface area contributed by atoms with E-state index in [4.69, 9.17) is 0 Å². The molecule has 1 aliphatic rings. The molecular weight excluding hydrogens is 246 g/mol. The van der Waals surface area contributed by atoms with Crippen molar-refractivity contribution in [3.8, 4) is 0 Å². The summed E-state index contributed by atoms with van der Waals surface area (Å²) in [6.45, 7) is 2.33. The van der Waals surface area contributed by atoms with Gasteiger partial charge in [0.1, 0.15) is 0 Å².